The molecule has 3 heterocycles. The van der Waals surface area contributed by atoms with E-state index in [1.54, 1.807) is 11.3 Å². The fourth-order valence-corrected chi connectivity index (χ4v) is 5.14. The number of aryl methyl sites for hydroxylation is 1. The van der Waals surface area contributed by atoms with Crippen LogP contribution in [0, 0.1) is 0 Å². The highest BCUT2D eigenvalue weighted by molar-refractivity contribution is 7.17. The molecule has 1 saturated heterocycles. The predicted octanol–water partition coefficient (Wildman–Crippen LogP) is 3.70. The van der Waals surface area contributed by atoms with Crippen LogP contribution in [0.2, 0.25) is 0 Å². The number of aromatic nitrogens is 1. The van der Waals surface area contributed by atoms with E-state index in [0.717, 1.165) is 24.2 Å². The van der Waals surface area contributed by atoms with E-state index in [4.69, 9.17) is 9.72 Å². The Hall–Kier alpha value is -0.810. The van der Waals surface area contributed by atoms with Crippen LogP contribution < -0.4 is 9.64 Å². The van der Waals surface area contributed by atoms with Crippen molar-refractivity contribution < 1.29 is 4.74 Å². The number of piperidine rings is 1. The second-order valence-corrected chi connectivity index (χ2v) is 8.20. The number of nitrogens with zero attached hydrogens (tertiary/aromatic N) is 3. The van der Waals surface area contributed by atoms with Crippen molar-refractivity contribution in [3.63, 3.8) is 0 Å². The molecule has 23 heavy (non-hydrogen) atoms. The number of thiazole rings is 1. The average Bonchev–Trinajstić information content (AvgIpc) is 2.91. The molecule has 2 aliphatic heterocycles. The van der Waals surface area contributed by atoms with Gasteiger partial charge in [0.2, 0.25) is 0 Å². The Morgan fingerprint density at radius 3 is 2.65 bits per heavy atom. The highest BCUT2D eigenvalue weighted by Gasteiger charge is 2.30. The molecule has 5 heteroatoms. The standard InChI is InChI=1S/C18H29N3OS/c1-2-10-21-11-4-7-16-17(21)23-18(19-16)22-15-8-12-20(13-9-15)14-5-3-6-14/h14-15H,2-13H2,1H3. The largest absolute Gasteiger partial charge is 0.467 e. The highest BCUT2D eigenvalue weighted by Crippen LogP contribution is 2.38. The topological polar surface area (TPSA) is 28.6 Å². The van der Waals surface area contributed by atoms with Crippen LogP contribution in [0.1, 0.15) is 57.6 Å². The average molecular weight is 336 g/mol. The molecule has 0 spiro atoms. The zero-order valence-electron chi connectivity index (χ0n) is 14.3. The van der Waals surface area contributed by atoms with Crippen molar-refractivity contribution in [3.8, 4) is 5.19 Å². The molecule has 4 rings (SSSR count). The number of likely N-dealkylation sites (tertiary alicyclic amines) is 1. The van der Waals surface area contributed by atoms with E-state index in [-0.39, 0.29) is 0 Å². The van der Waals surface area contributed by atoms with E-state index < -0.39 is 0 Å². The maximum Gasteiger partial charge on any atom is 0.275 e. The van der Waals surface area contributed by atoms with E-state index in [0.29, 0.717) is 6.10 Å². The lowest BCUT2D eigenvalue weighted by Gasteiger charge is -2.41. The van der Waals surface area contributed by atoms with Crippen LogP contribution in [0.25, 0.3) is 0 Å². The van der Waals surface area contributed by atoms with Gasteiger partial charge in [0.15, 0.2) is 0 Å². The van der Waals surface area contributed by atoms with Gasteiger partial charge in [0.05, 0.1) is 5.69 Å². The van der Waals surface area contributed by atoms with Gasteiger partial charge in [-0.05, 0) is 44.9 Å². The summed E-state index contributed by atoms with van der Waals surface area (Å²) in [4.78, 5) is 9.98. The van der Waals surface area contributed by atoms with Gasteiger partial charge in [0.1, 0.15) is 11.1 Å². The molecule has 0 unspecified atom stereocenters. The molecule has 2 fully saturated rings. The van der Waals surface area contributed by atoms with Crippen LogP contribution in [-0.4, -0.2) is 48.2 Å². The van der Waals surface area contributed by atoms with Gasteiger partial charge < -0.3 is 14.5 Å². The van der Waals surface area contributed by atoms with Crippen LogP contribution in [0.15, 0.2) is 0 Å². The van der Waals surface area contributed by atoms with Gasteiger partial charge in [-0.25, -0.2) is 4.98 Å². The van der Waals surface area contributed by atoms with E-state index in [9.17, 15) is 0 Å². The summed E-state index contributed by atoms with van der Waals surface area (Å²) in [7, 11) is 0. The molecule has 1 aliphatic carbocycles. The minimum Gasteiger partial charge on any atom is -0.467 e. The van der Waals surface area contributed by atoms with Crippen molar-refractivity contribution in [1.82, 2.24) is 9.88 Å². The summed E-state index contributed by atoms with van der Waals surface area (Å²) in [5.41, 5.74) is 1.27. The Morgan fingerprint density at radius 1 is 1.13 bits per heavy atom. The van der Waals surface area contributed by atoms with Gasteiger partial charge in [-0.2, -0.15) is 0 Å². The van der Waals surface area contributed by atoms with Crippen LogP contribution >= 0.6 is 11.3 Å². The molecular formula is C18H29N3OS. The van der Waals surface area contributed by atoms with Crippen molar-refractivity contribution in [2.45, 2.75) is 70.4 Å². The summed E-state index contributed by atoms with van der Waals surface area (Å²) in [6.45, 7) is 7.00. The van der Waals surface area contributed by atoms with Crippen LogP contribution in [0.5, 0.6) is 5.19 Å². The van der Waals surface area contributed by atoms with E-state index in [2.05, 4.69) is 16.7 Å². The molecule has 128 valence electrons. The minimum absolute atomic E-state index is 0.374. The van der Waals surface area contributed by atoms with Gasteiger partial charge in [-0.3, -0.25) is 0 Å². The molecule has 0 bridgehead atoms. The summed E-state index contributed by atoms with van der Waals surface area (Å²) in [6.07, 6.45) is 10.5. The van der Waals surface area contributed by atoms with Gasteiger partial charge in [0.25, 0.3) is 5.19 Å². The number of ether oxygens (including phenoxy) is 1. The minimum atomic E-state index is 0.374. The molecule has 1 saturated carbocycles. The molecule has 0 radical (unpaired) electrons. The van der Waals surface area contributed by atoms with Crippen LogP contribution in [0.3, 0.4) is 0 Å². The number of fused-ring (bicyclic) bond motifs is 1. The van der Waals surface area contributed by atoms with Gasteiger partial charge in [-0.15, -0.1) is 0 Å². The Morgan fingerprint density at radius 2 is 1.96 bits per heavy atom. The number of hydrogen-bond acceptors (Lipinski definition) is 5. The molecule has 0 atom stereocenters. The van der Waals surface area contributed by atoms with E-state index in [1.807, 2.05) is 0 Å². The molecule has 1 aromatic heterocycles. The van der Waals surface area contributed by atoms with Gasteiger partial charge in [-0.1, -0.05) is 24.7 Å². The quantitative estimate of drug-likeness (QED) is 0.820. The van der Waals surface area contributed by atoms with Crippen molar-refractivity contribution in [1.29, 1.82) is 0 Å². The molecule has 3 aliphatic rings. The lowest BCUT2D eigenvalue weighted by atomic mass is 9.90. The molecule has 1 aromatic rings. The van der Waals surface area contributed by atoms with Gasteiger partial charge in [0, 0.05) is 32.2 Å². The fraction of sp³-hybridized carbons (Fsp3) is 0.833. The molecule has 0 N–H and O–H groups in total. The second-order valence-electron chi connectivity index (χ2n) is 7.26. The van der Waals surface area contributed by atoms with Crippen LogP contribution in [-0.2, 0) is 6.42 Å². The summed E-state index contributed by atoms with van der Waals surface area (Å²) in [5, 5.41) is 2.29. The monoisotopic (exact) mass is 335 g/mol. The Balaban J connectivity index is 1.34. The number of rotatable bonds is 5. The van der Waals surface area contributed by atoms with Crippen molar-refractivity contribution in [3.05, 3.63) is 5.69 Å². The third kappa shape index (κ3) is 3.36. The molecular weight excluding hydrogens is 306 g/mol. The first-order chi connectivity index (χ1) is 11.3. The SMILES string of the molecule is CCCN1CCCc2nc(OC3CCN(C4CCC4)CC3)sc21. The first kappa shape index (κ1) is 15.7. The van der Waals surface area contributed by atoms with Gasteiger partial charge >= 0.3 is 0 Å². The smallest absolute Gasteiger partial charge is 0.275 e. The van der Waals surface area contributed by atoms with Crippen molar-refractivity contribution in [2.24, 2.45) is 0 Å². The maximum atomic E-state index is 6.27. The Bertz CT molecular complexity index is 520. The first-order valence-corrected chi connectivity index (χ1v) is 10.3. The summed E-state index contributed by atoms with van der Waals surface area (Å²) in [6, 6.07) is 0.880. The molecule has 0 amide bonds. The molecule has 0 aromatic carbocycles. The van der Waals surface area contributed by atoms with Crippen LogP contribution in [0.4, 0.5) is 5.00 Å². The molecule has 4 nitrogen and oxygen atoms in total. The van der Waals surface area contributed by atoms with Crippen molar-refractivity contribution in [2.75, 3.05) is 31.1 Å². The predicted molar refractivity (Wildman–Crippen MR) is 95.8 cm³/mol. The summed E-state index contributed by atoms with van der Waals surface area (Å²) < 4.78 is 6.27. The number of anilines is 1. The summed E-state index contributed by atoms with van der Waals surface area (Å²) >= 11 is 1.78. The zero-order chi connectivity index (χ0) is 15.6. The Labute approximate surface area is 143 Å². The van der Waals surface area contributed by atoms with E-state index in [1.165, 1.54) is 75.3 Å². The zero-order valence-corrected chi connectivity index (χ0v) is 15.1. The highest BCUT2D eigenvalue weighted by atomic mass is 32.1. The third-order valence-electron chi connectivity index (χ3n) is 5.61. The number of hydrogen-bond donors (Lipinski definition) is 0. The fourth-order valence-electron chi connectivity index (χ4n) is 4.06. The normalized spacial score (nSPS) is 23.6. The summed E-state index contributed by atoms with van der Waals surface area (Å²) in [5.74, 6) is 0. The maximum absolute atomic E-state index is 6.27. The first-order valence-electron chi connectivity index (χ1n) is 9.49. The lowest BCUT2D eigenvalue weighted by molar-refractivity contribution is 0.0492. The van der Waals surface area contributed by atoms with E-state index >= 15 is 0 Å². The van der Waals surface area contributed by atoms with Crippen molar-refractivity contribution >= 4 is 16.3 Å². The Kier molecular flexibility index (Phi) is 4.76. The lowest BCUT2D eigenvalue weighted by Crippen LogP contribution is -2.46. The third-order valence-corrected chi connectivity index (χ3v) is 6.66. The second kappa shape index (κ2) is 6.98.